The molecule has 5 heteroatoms. The Morgan fingerprint density at radius 2 is 1.95 bits per heavy atom. The molecule has 1 rings (SSSR count). The Balaban J connectivity index is 2.94. The van der Waals surface area contributed by atoms with Crippen LogP contribution in [0, 0.1) is 0 Å². The summed E-state index contributed by atoms with van der Waals surface area (Å²) in [5.41, 5.74) is 0.489. The minimum Gasteiger partial charge on any atom is -0.490 e. The summed E-state index contributed by atoms with van der Waals surface area (Å²) >= 11 is 6.23. The summed E-state index contributed by atoms with van der Waals surface area (Å²) < 4.78 is 11.2. The number of benzene rings is 1. The molecule has 0 bridgehead atoms. The van der Waals surface area contributed by atoms with Gasteiger partial charge in [-0.2, -0.15) is 0 Å². The Kier molecular flexibility index (Phi) is 7.98. The van der Waals surface area contributed by atoms with Gasteiger partial charge in [0.2, 0.25) is 0 Å². The summed E-state index contributed by atoms with van der Waals surface area (Å²) in [6.07, 6.45) is 2.87. The van der Waals surface area contributed by atoms with E-state index in [0.29, 0.717) is 41.8 Å². The fraction of sp³-hybridized carbons (Fsp3) is 0.562. The third-order valence-corrected chi connectivity index (χ3v) is 3.12. The van der Waals surface area contributed by atoms with Crippen molar-refractivity contribution in [2.75, 3.05) is 19.8 Å². The van der Waals surface area contributed by atoms with Crippen molar-refractivity contribution in [2.45, 2.75) is 40.0 Å². The van der Waals surface area contributed by atoms with Crippen molar-refractivity contribution in [3.63, 3.8) is 0 Å². The first-order chi connectivity index (χ1) is 10.1. The molecule has 21 heavy (non-hydrogen) atoms. The average molecular weight is 314 g/mol. The van der Waals surface area contributed by atoms with E-state index >= 15 is 0 Å². The predicted octanol–water partition coefficient (Wildman–Crippen LogP) is 4.06. The molecule has 4 nitrogen and oxygen atoms in total. The van der Waals surface area contributed by atoms with Crippen LogP contribution in [0.2, 0.25) is 5.02 Å². The van der Waals surface area contributed by atoms with Crippen LogP contribution < -0.4 is 14.8 Å². The number of carbonyl (C=O) groups is 1. The van der Waals surface area contributed by atoms with Gasteiger partial charge in [0, 0.05) is 12.1 Å². The van der Waals surface area contributed by atoms with Crippen molar-refractivity contribution in [1.82, 2.24) is 5.32 Å². The topological polar surface area (TPSA) is 47.6 Å². The maximum atomic E-state index is 12.1. The zero-order valence-electron chi connectivity index (χ0n) is 13.0. The lowest BCUT2D eigenvalue weighted by Gasteiger charge is -2.15. The normalized spacial score (nSPS) is 10.3. The first kappa shape index (κ1) is 17.6. The number of rotatable bonds is 9. The van der Waals surface area contributed by atoms with Gasteiger partial charge >= 0.3 is 0 Å². The van der Waals surface area contributed by atoms with Crippen LogP contribution >= 0.6 is 11.6 Å². The van der Waals surface area contributed by atoms with Crippen molar-refractivity contribution in [2.24, 2.45) is 0 Å². The van der Waals surface area contributed by atoms with Gasteiger partial charge in [-0.1, -0.05) is 31.9 Å². The SMILES string of the molecule is CCCCNC(=O)c1cc(Cl)c(OCCC)c(OCC)c1. The lowest BCUT2D eigenvalue weighted by molar-refractivity contribution is 0.0952. The molecule has 0 aliphatic heterocycles. The van der Waals surface area contributed by atoms with Gasteiger partial charge in [-0.05, 0) is 31.9 Å². The molecule has 0 saturated carbocycles. The lowest BCUT2D eigenvalue weighted by atomic mass is 10.2. The first-order valence-corrected chi connectivity index (χ1v) is 7.89. The number of hydrogen-bond acceptors (Lipinski definition) is 3. The Labute approximate surface area is 131 Å². The third-order valence-electron chi connectivity index (χ3n) is 2.84. The Morgan fingerprint density at radius 3 is 2.57 bits per heavy atom. The van der Waals surface area contributed by atoms with Crippen molar-refractivity contribution >= 4 is 17.5 Å². The molecule has 0 radical (unpaired) electrons. The maximum Gasteiger partial charge on any atom is 0.251 e. The van der Waals surface area contributed by atoms with Gasteiger partial charge in [0.05, 0.1) is 18.2 Å². The summed E-state index contributed by atoms with van der Waals surface area (Å²) in [4.78, 5) is 12.1. The standard InChI is InChI=1S/C16H24ClNO3/c1-4-7-8-18-16(19)12-10-13(17)15(21-9-5-2)14(11-12)20-6-3/h10-11H,4-9H2,1-3H3,(H,18,19). The Hall–Kier alpha value is -1.42. The first-order valence-electron chi connectivity index (χ1n) is 7.51. The number of amides is 1. The summed E-state index contributed by atoms with van der Waals surface area (Å²) in [6, 6.07) is 3.30. The van der Waals surface area contributed by atoms with E-state index in [-0.39, 0.29) is 5.91 Å². The molecule has 0 aliphatic rings. The van der Waals surface area contributed by atoms with Gasteiger partial charge in [-0.15, -0.1) is 0 Å². The summed E-state index contributed by atoms with van der Waals surface area (Å²) in [6.45, 7) is 7.68. The van der Waals surface area contributed by atoms with Crippen LogP contribution in [0.1, 0.15) is 50.4 Å². The van der Waals surface area contributed by atoms with Crippen LogP contribution in [-0.4, -0.2) is 25.7 Å². The van der Waals surface area contributed by atoms with Crippen LogP contribution in [0.4, 0.5) is 0 Å². The zero-order valence-corrected chi connectivity index (χ0v) is 13.8. The summed E-state index contributed by atoms with van der Waals surface area (Å²) in [7, 11) is 0. The summed E-state index contributed by atoms with van der Waals surface area (Å²) in [5.74, 6) is 0.873. The van der Waals surface area contributed by atoms with E-state index in [2.05, 4.69) is 12.2 Å². The van der Waals surface area contributed by atoms with Crippen molar-refractivity contribution < 1.29 is 14.3 Å². The van der Waals surface area contributed by atoms with E-state index in [0.717, 1.165) is 19.3 Å². The number of carbonyl (C=O) groups excluding carboxylic acids is 1. The van der Waals surface area contributed by atoms with E-state index in [1.54, 1.807) is 12.1 Å². The van der Waals surface area contributed by atoms with Gasteiger partial charge in [-0.3, -0.25) is 4.79 Å². The van der Waals surface area contributed by atoms with E-state index in [4.69, 9.17) is 21.1 Å². The molecular formula is C16H24ClNO3. The average Bonchev–Trinajstić information content (AvgIpc) is 2.46. The van der Waals surface area contributed by atoms with E-state index in [9.17, 15) is 4.79 Å². The van der Waals surface area contributed by atoms with Crippen LogP contribution in [0.5, 0.6) is 11.5 Å². The second kappa shape index (κ2) is 9.50. The lowest BCUT2D eigenvalue weighted by Crippen LogP contribution is -2.24. The second-order valence-corrected chi connectivity index (χ2v) is 5.08. The molecular weight excluding hydrogens is 290 g/mol. The Bertz CT molecular complexity index is 463. The monoisotopic (exact) mass is 313 g/mol. The smallest absolute Gasteiger partial charge is 0.251 e. The highest BCUT2D eigenvalue weighted by Gasteiger charge is 2.16. The molecule has 118 valence electrons. The van der Waals surface area contributed by atoms with Gasteiger partial charge < -0.3 is 14.8 Å². The number of nitrogens with one attached hydrogen (secondary N) is 1. The van der Waals surface area contributed by atoms with Crippen molar-refractivity contribution in [3.8, 4) is 11.5 Å². The van der Waals surface area contributed by atoms with E-state index < -0.39 is 0 Å². The number of halogens is 1. The van der Waals surface area contributed by atoms with Crippen LogP contribution in [0.3, 0.4) is 0 Å². The molecule has 0 spiro atoms. The molecule has 1 aromatic rings. The van der Waals surface area contributed by atoms with Gasteiger partial charge in [0.1, 0.15) is 0 Å². The van der Waals surface area contributed by atoms with E-state index in [1.807, 2.05) is 13.8 Å². The van der Waals surface area contributed by atoms with Crippen LogP contribution in [-0.2, 0) is 0 Å². The molecule has 0 fully saturated rings. The van der Waals surface area contributed by atoms with Gasteiger partial charge in [-0.25, -0.2) is 0 Å². The molecule has 0 aromatic heterocycles. The molecule has 1 amide bonds. The van der Waals surface area contributed by atoms with Gasteiger partial charge in [0.15, 0.2) is 11.5 Å². The molecule has 1 N–H and O–H groups in total. The van der Waals surface area contributed by atoms with Crippen LogP contribution in [0.25, 0.3) is 0 Å². The highest BCUT2D eigenvalue weighted by molar-refractivity contribution is 6.32. The van der Waals surface area contributed by atoms with E-state index in [1.165, 1.54) is 0 Å². The summed E-state index contributed by atoms with van der Waals surface area (Å²) in [5, 5.41) is 3.26. The van der Waals surface area contributed by atoms with Crippen LogP contribution in [0.15, 0.2) is 12.1 Å². The predicted molar refractivity (Wildman–Crippen MR) is 85.6 cm³/mol. The number of ether oxygens (including phenoxy) is 2. The minimum atomic E-state index is -0.145. The second-order valence-electron chi connectivity index (χ2n) is 4.68. The number of unbranched alkanes of at least 4 members (excludes halogenated alkanes) is 1. The fourth-order valence-corrected chi connectivity index (χ4v) is 2.05. The molecule has 0 saturated heterocycles. The molecule has 0 aliphatic carbocycles. The molecule has 0 unspecified atom stereocenters. The fourth-order valence-electron chi connectivity index (χ4n) is 1.79. The third kappa shape index (κ3) is 5.46. The molecule has 1 aromatic carbocycles. The number of hydrogen-bond donors (Lipinski definition) is 1. The molecule has 0 atom stereocenters. The Morgan fingerprint density at radius 1 is 1.19 bits per heavy atom. The zero-order chi connectivity index (χ0) is 15.7. The van der Waals surface area contributed by atoms with Gasteiger partial charge in [0.25, 0.3) is 5.91 Å². The highest BCUT2D eigenvalue weighted by atomic mass is 35.5. The largest absolute Gasteiger partial charge is 0.490 e. The van der Waals surface area contributed by atoms with Crippen molar-refractivity contribution in [3.05, 3.63) is 22.7 Å². The quantitative estimate of drug-likeness (QED) is 0.699. The molecule has 0 heterocycles. The minimum absolute atomic E-state index is 0.145. The van der Waals surface area contributed by atoms with Crippen molar-refractivity contribution in [1.29, 1.82) is 0 Å². The highest BCUT2D eigenvalue weighted by Crippen LogP contribution is 2.36. The maximum absolute atomic E-state index is 12.1.